The predicted octanol–water partition coefficient (Wildman–Crippen LogP) is 2.95. The van der Waals surface area contributed by atoms with E-state index in [1.54, 1.807) is 6.20 Å². The molecule has 1 saturated heterocycles. The molecule has 1 aromatic heterocycles. The maximum atomic E-state index is 12.1. The van der Waals surface area contributed by atoms with Crippen LogP contribution in [0.25, 0.3) is 10.9 Å². The van der Waals surface area contributed by atoms with Crippen LogP contribution in [0.3, 0.4) is 0 Å². The van der Waals surface area contributed by atoms with Gasteiger partial charge in [-0.05, 0) is 50.1 Å². The van der Waals surface area contributed by atoms with Gasteiger partial charge in [-0.2, -0.15) is 0 Å². The normalized spacial score (nSPS) is 16.6. The first kappa shape index (κ1) is 18.7. The quantitative estimate of drug-likeness (QED) is 0.898. The third-order valence-corrected chi connectivity index (χ3v) is 3.81. The molecule has 0 spiro atoms. The summed E-state index contributed by atoms with van der Waals surface area (Å²) in [6.45, 7) is 1.83. The van der Waals surface area contributed by atoms with Crippen molar-refractivity contribution >= 4 is 41.6 Å². The number of hydrogen-bond acceptors (Lipinski definition) is 3. The molecular weight excluding hydrogens is 321 g/mol. The van der Waals surface area contributed by atoms with Gasteiger partial charge in [0.2, 0.25) is 0 Å². The number of hydrogen-bond donors (Lipinski definition) is 2. The summed E-state index contributed by atoms with van der Waals surface area (Å²) >= 11 is 0. The highest BCUT2D eigenvalue weighted by Gasteiger charge is 2.14. The number of benzene rings is 1. The van der Waals surface area contributed by atoms with Gasteiger partial charge in [0.15, 0.2) is 0 Å². The van der Waals surface area contributed by atoms with Crippen LogP contribution in [0, 0.1) is 0 Å². The van der Waals surface area contributed by atoms with Gasteiger partial charge in [-0.1, -0.05) is 6.07 Å². The van der Waals surface area contributed by atoms with Gasteiger partial charge in [-0.25, -0.2) is 0 Å². The summed E-state index contributed by atoms with van der Waals surface area (Å²) in [5.41, 5.74) is 1.61. The molecule has 1 atom stereocenters. The third kappa shape index (κ3) is 4.57. The molecule has 2 N–H and O–H groups in total. The molecule has 0 aliphatic carbocycles. The van der Waals surface area contributed by atoms with E-state index in [0.29, 0.717) is 11.6 Å². The Hall–Kier alpha value is -1.36. The van der Waals surface area contributed by atoms with Crippen LogP contribution in [0.15, 0.2) is 36.5 Å². The smallest absolute Gasteiger partial charge is 0.251 e. The molecule has 0 unspecified atom stereocenters. The van der Waals surface area contributed by atoms with Crippen LogP contribution in [-0.2, 0) is 0 Å². The second-order valence-corrected chi connectivity index (χ2v) is 5.25. The maximum Gasteiger partial charge on any atom is 0.251 e. The van der Waals surface area contributed by atoms with Crippen molar-refractivity contribution in [1.29, 1.82) is 0 Å². The highest BCUT2D eigenvalue weighted by atomic mass is 35.5. The van der Waals surface area contributed by atoms with Gasteiger partial charge < -0.3 is 10.6 Å². The molecule has 2 heterocycles. The molecule has 0 saturated carbocycles. The number of aromatic nitrogens is 1. The van der Waals surface area contributed by atoms with E-state index in [2.05, 4.69) is 15.6 Å². The second kappa shape index (κ2) is 8.93. The fourth-order valence-corrected chi connectivity index (χ4v) is 2.68. The summed E-state index contributed by atoms with van der Waals surface area (Å²) in [6, 6.07) is 10.0. The zero-order chi connectivity index (χ0) is 13.8. The largest absolute Gasteiger partial charge is 0.352 e. The minimum absolute atomic E-state index is 0. The highest BCUT2D eigenvalue weighted by Crippen LogP contribution is 2.13. The van der Waals surface area contributed by atoms with E-state index in [9.17, 15) is 4.79 Å². The molecule has 1 aromatic carbocycles. The number of amides is 1. The van der Waals surface area contributed by atoms with Gasteiger partial charge in [0.25, 0.3) is 5.91 Å². The summed E-state index contributed by atoms with van der Waals surface area (Å²) in [5, 5.41) is 7.42. The number of halogens is 2. The number of carbonyl (C=O) groups excluding carboxylic acids is 1. The summed E-state index contributed by atoms with van der Waals surface area (Å²) in [6.07, 6.45) is 5.23. The van der Waals surface area contributed by atoms with Crippen LogP contribution in [-0.4, -0.2) is 30.0 Å². The predicted molar refractivity (Wildman–Crippen MR) is 94.2 cm³/mol. The average molecular weight is 342 g/mol. The molecule has 2 aromatic rings. The molecule has 1 amide bonds. The first-order chi connectivity index (χ1) is 9.83. The Bertz CT molecular complexity index is 615. The van der Waals surface area contributed by atoms with Crippen LogP contribution in [0.2, 0.25) is 0 Å². The van der Waals surface area contributed by atoms with E-state index in [1.807, 2.05) is 30.3 Å². The third-order valence-electron chi connectivity index (χ3n) is 3.81. The molecule has 1 aliphatic rings. The molecule has 3 rings (SSSR count). The molecule has 1 aliphatic heterocycles. The Labute approximate surface area is 142 Å². The first-order valence-corrected chi connectivity index (χ1v) is 7.19. The molecule has 6 heteroatoms. The van der Waals surface area contributed by atoms with Crippen LogP contribution >= 0.6 is 24.8 Å². The van der Waals surface area contributed by atoms with E-state index in [0.717, 1.165) is 30.4 Å². The molecule has 22 heavy (non-hydrogen) atoms. The lowest BCUT2D eigenvalue weighted by molar-refractivity contribution is 0.0952. The van der Waals surface area contributed by atoms with Crippen molar-refractivity contribution in [3.63, 3.8) is 0 Å². The Balaban J connectivity index is 0.00000121. The van der Waals surface area contributed by atoms with Gasteiger partial charge in [-0.15, -0.1) is 24.8 Å². The van der Waals surface area contributed by atoms with E-state index in [4.69, 9.17) is 0 Å². The standard InChI is InChI=1S/C16H19N3O.2ClH/c20-16(19-10-7-14-4-2-8-17-14)13-5-6-15-12(11-13)3-1-9-18-15;;/h1,3,5-6,9,11,14,17H,2,4,7-8,10H2,(H,19,20);2*1H/t14-;;/m1../s1. The zero-order valence-corrected chi connectivity index (χ0v) is 13.9. The van der Waals surface area contributed by atoms with E-state index in [1.165, 1.54) is 12.8 Å². The number of nitrogens with zero attached hydrogens (tertiary/aromatic N) is 1. The van der Waals surface area contributed by atoms with Crippen molar-refractivity contribution < 1.29 is 4.79 Å². The number of rotatable bonds is 4. The van der Waals surface area contributed by atoms with Gasteiger partial charge >= 0.3 is 0 Å². The van der Waals surface area contributed by atoms with E-state index >= 15 is 0 Å². The molecule has 120 valence electrons. The van der Waals surface area contributed by atoms with Crippen molar-refractivity contribution in [3.8, 4) is 0 Å². The van der Waals surface area contributed by atoms with Crippen molar-refractivity contribution in [2.24, 2.45) is 0 Å². The number of carbonyl (C=O) groups is 1. The summed E-state index contributed by atoms with van der Waals surface area (Å²) in [5.74, 6) is -0.00579. The van der Waals surface area contributed by atoms with Gasteiger partial charge in [0, 0.05) is 29.7 Å². The Morgan fingerprint density at radius 2 is 2.18 bits per heavy atom. The molecule has 4 nitrogen and oxygen atoms in total. The van der Waals surface area contributed by atoms with Crippen LogP contribution in [0.5, 0.6) is 0 Å². The molecule has 0 bridgehead atoms. The average Bonchev–Trinajstić information content (AvgIpc) is 3.00. The lowest BCUT2D eigenvalue weighted by Crippen LogP contribution is -2.30. The van der Waals surface area contributed by atoms with Crippen LogP contribution < -0.4 is 10.6 Å². The minimum atomic E-state index is -0.00579. The van der Waals surface area contributed by atoms with Crippen molar-refractivity contribution in [2.45, 2.75) is 25.3 Å². The first-order valence-electron chi connectivity index (χ1n) is 7.19. The van der Waals surface area contributed by atoms with Crippen LogP contribution in [0.1, 0.15) is 29.6 Å². The van der Waals surface area contributed by atoms with Crippen molar-refractivity contribution in [3.05, 3.63) is 42.1 Å². The van der Waals surface area contributed by atoms with Gasteiger partial charge in [0.05, 0.1) is 5.52 Å². The lowest BCUT2D eigenvalue weighted by atomic mass is 10.1. The maximum absolute atomic E-state index is 12.1. The Morgan fingerprint density at radius 1 is 1.32 bits per heavy atom. The fourth-order valence-electron chi connectivity index (χ4n) is 2.68. The summed E-state index contributed by atoms with van der Waals surface area (Å²) < 4.78 is 0. The van der Waals surface area contributed by atoms with Crippen molar-refractivity contribution in [1.82, 2.24) is 15.6 Å². The van der Waals surface area contributed by atoms with E-state index < -0.39 is 0 Å². The summed E-state index contributed by atoms with van der Waals surface area (Å²) in [7, 11) is 0. The number of fused-ring (bicyclic) bond motifs is 1. The fraction of sp³-hybridized carbons (Fsp3) is 0.375. The Morgan fingerprint density at radius 3 is 2.95 bits per heavy atom. The number of pyridine rings is 1. The monoisotopic (exact) mass is 341 g/mol. The second-order valence-electron chi connectivity index (χ2n) is 5.25. The lowest BCUT2D eigenvalue weighted by Gasteiger charge is -2.11. The van der Waals surface area contributed by atoms with Crippen LogP contribution in [0.4, 0.5) is 0 Å². The van der Waals surface area contributed by atoms with Gasteiger partial charge in [0.1, 0.15) is 0 Å². The minimum Gasteiger partial charge on any atom is -0.352 e. The zero-order valence-electron chi connectivity index (χ0n) is 12.2. The SMILES string of the molecule is Cl.Cl.O=C(NCC[C@H]1CCCN1)c1ccc2ncccc2c1. The Kier molecular flexibility index (Phi) is 7.59. The topological polar surface area (TPSA) is 54.0 Å². The van der Waals surface area contributed by atoms with Crippen molar-refractivity contribution in [2.75, 3.05) is 13.1 Å². The van der Waals surface area contributed by atoms with Gasteiger partial charge in [-0.3, -0.25) is 9.78 Å². The molecular formula is C16H21Cl2N3O. The molecule has 0 radical (unpaired) electrons. The number of nitrogens with one attached hydrogen (secondary N) is 2. The molecule has 1 fully saturated rings. The highest BCUT2D eigenvalue weighted by molar-refractivity contribution is 5.97. The summed E-state index contributed by atoms with van der Waals surface area (Å²) in [4.78, 5) is 16.4. The van der Waals surface area contributed by atoms with E-state index in [-0.39, 0.29) is 30.7 Å².